The highest BCUT2D eigenvalue weighted by atomic mass is 32.2. The lowest BCUT2D eigenvalue weighted by Crippen LogP contribution is -2.05. The van der Waals surface area contributed by atoms with Crippen LogP contribution in [0.15, 0.2) is 70.5 Å². The maximum absolute atomic E-state index is 12.4. The monoisotopic (exact) mass is 572 g/mol. The summed E-state index contributed by atoms with van der Waals surface area (Å²) < 4.78 is 68.5. The molecule has 0 saturated heterocycles. The number of hydrogen-bond donors (Lipinski definition) is 2. The SMILES string of the molecule is CCCCCCCCCCCCc1ccc(C)cc1-c1ccc(-c2ccccc2S(=O)(=O)O)c(S(=O)(=O)O)c1. The van der Waals surface area contributed by atoms with Gasteiger partial charge >= 0.3 is 0 Å². The van der Waals surface area contributed by atoms with E-state index in [-0.39, 0.29) is 11.1 Å². The summed E-state index contributed by atoms with van der Waals surface area (Å²) in [6.07, 6.45) is 13.3. The first-order valence-electron chi connectivity index (χ1n) is 13.8. The second-order valence-electron chi connectivity index (χ2n) is 10.2. The fraction of sp³-hybridized carbons (Fsp3) is 0.419. The minimum Gasteiger partial charge on any atom is -0.282 e. The van der Waals surface area contributed by atoms with Crippen LogP contribution in [0.5, 0.6) is 0 Å². The van der Waals surface area contributed by atoms with Crippen molar-refractivity contribution in [3.63, 3.8) is 0 Å². The lowest BCUT2D eigenvalue weighted by Gasteiger charge is -2.15. The van der Waals surface area contributed by atoms with Gasteiger partial charge in [-0.3, -0.25) is 9.11 Å². The molecule has 0 saturated carbocycles. The number of unbranched alkanes of at least 4 members (excludes halogenated alkanes) is 9. The van der Waals surface area contributed by atoms with Crippen molar-refractivity contribution in [2.75, 3.05) is 0 Å². The van der Waals surface area contributed by atoms with Gasteiger partial charge < -0.3 is 0 Å². The van der Waals surface area contributed by atoms with Crippen molar-refractivity contribution in [1.29, 1.82) is 0 Å². The molecule has 3 aromatic carbocycles. The molecule has 212 valence electrons. The molecule has 0 heterocycles. The molecule has 8 heteroatoms. The van der Waals surface area contributed by atoms with Crippen LogP contribution in [0.3, 0.4) is 0 Å². The summed E-state index contributed by atoms with van der Waals surface area (Å²) in [5, 5.41) is 0. The van der Waals surface area contributed by atoms with Crippen molar-refractivity contribution in [3.05, 3.63) is 71.8 Å². The van der Waals surface area contributed by atoms with Crippen LogP contribution in [0.2, 0.25) is 0 Å². The highest BCUT2D eigenvalue weighted by Gasteiger charge is 2.23. The summed E-state index contributed by atoms with van der Waals surface area (Å²) in [6, 6.07) is 16.2. The molecule has 0 aliphatic carbocycles. The Morgan fingerprint density at radius 3 is 1.77 bits per heavy atom. The molecule has 0 radical (unpaired) electrons. The van der Waals surface area contributed by atoms with Crippen molar-refractivity contribution in [1.82, 2.24) is 0 Å². The number of aryl methyl sites for hydroxylation is 2. The van der Waals surface area contributed by atoms with E-state index in [4.69, 9.17) is 0 Å². The van der Waals surface area contributed by atoms with Crippen LogP contribution in [0.4, 0.5) is 0 Å². The third-order valence-electron chi connectivity index (χ3n) is 7.09. The van der Waals surface area contributed by atoms with Gasteiger partial charge in [0.1, 0.15) is 9.79 Å². The molecule has 0 atom stereocenters. The molecule has 0 aromatic heterocycles. The zero-order valence-electron chi connectivity index (χ0n) is 22.9. The lowest BCUT2D eigenvalue weighted by atomic mass is 9.92. The van der Waals surface area contributed by atoms with Crippen molar-refractivity contribution < 1.29 is 25.9 Å². The Kier molecular flexibility index (Phi) is 11.3. The van der Waals surface area contributed by atoms with E-state index in [2.05, 4.69) is 13.0 Å². The van der Waals surface area contributed by atoms with Gasteiger partial charge in [-0.25, -0.2) is 0 Å². The van der Waals surface area contributed by atoms with Crippen molar-refractivity contribution in [2.45, 2.75) is 94.3 Å². The van der Waals surface area contributed by atoms with E-state index in [0.717, 1.165) is 36.0 Å². The van der Waals surface area contributed by atoms with E-state index in [1.165, 1.54) is 87.8 Å². The van der Waals surface area contributed by atoms with Crippen molar-refractivity contribution >= 4 is 20.2 Å². The molecule has 3 rings (SSSR count). The van der Waals surface area contributed by atoms with Crippen LogP contribution < -0.4 is 0 Å². The summed E-state index contributed by atoms with van der Waals surface area (Å²) in [5.74, 6) is 0. The number of benzene rings is 3. The van der Waals surface area contributed by atoms with Gasteiger partial charge in [-0.15, -0.1) is 0 Å². The zero-order chi connectivity index (χ0) is 28.5. The maximum Gasteiger partial charge on any atom is 0.295 e. The molecule has 3 aromatic rings. The quantitative estimate of drug-likeness (QED) is 0.140. The molecule has 0 amide bonds. The fourth-order valence-corrected chi connectivity index (χ4v) is 6.46. The summed E-state index contributed by atoms with van der Waals surface area (Å²) in [6.45, 7) is 4.20. The van der Waals surface area contributed by atoms with E-state index >= 15 is 0 Å². The van der Waals surface area contributed by atoms with E-state index in [0.29, 0.717) is 5.56 Å². The Morgan fingerprint density at radius 2 is 1.15 bits per heavy atom. The average Bonchev–Trinajstić information content (AvgIpc) is 2.89. The van der Waals surface area contributed by atoms with Crippen LogP contribution in [0.25, 0.3) is 22.3 Å². The van der Waals surface area contributed by atoms with E-state index in [1.54, 1.807) is 6.07 Å². The van der Waals surface area contributed by atoms with Crippen LogP contribution in [0.1, 0.15) is 82.3 Å². The molecular formula is C31H40O6S2. The molecule has 2 N–H and O–H groups in total. The summed E-state index contributed by atoms with van der Waals surface area (Å²) in [5.41, 5.74) is 3.60. The van der Waals surface area contributed by atoms with Gasteiger partial charge in [0.15, 0.2) is 0 Å². The first kappa shape index (κ1) is 31.0. The number of hydrogen-bond acceptors (Lipinski definition) is 4. The minimum atomic E-state index is -4.71. The third kappa shape index (κ3) is 9.00. The normalized spacial score (nSPS) is 12.1. The second-order valence-corrected chi connectivity index (χ2v) is 13.0. The Bertz CT molecular complexity index is 1460. The van der Waals surface area contributed by atoms with E-state index in [9.17, 15) is 25.9 Å². The predicted molar refractivity (Wildman–Crippen MR) is 157 cm³/mol. The maximum atomic E-state index is 12.4. The molecule has 0 aliphatic heterocycles. The van der Waals surface area contributed by atoms with Gasteiger partial charge in [0.25, 0.3) is 20.2 Å². The Hall–Kier alpha value is -2.52. The lowest BCUT2D eigenvalue weighted by molar-refractivity contribution is 0.480. The van der Waals surface area contributed by atoms with Gasteiger partial charge in [0, 0.05) is 11.1 Å². The third-order valence-corrected chi connectivity index (χ3v) is 8.90. The fourth-order valence-electron chi connectivity index (χ4n) is 5.02. The Morgan fingerprint density at radius 1 is 0.590 bits per heavy atom. The van der Waals surface area contributed by atoms with E-state index in [1.807, 2.05) is 19.1 Å². The molecule has 39 heavy (non-hydrogen) atoms. The van der Waals surface area contributed by atoms with Crippen LogP contribution in [0, 0.1) is 6.92 Å². The molecular weight excluding hydrogens is 532 g/mol. The Balaban J connectivity index is 1.83. The van der Waals surface area contributed by atoms with Crippen LogP contribution in [-0.2, 0) is 26.7 Å². The largest absolute Gasteiger partial charge is 0.295 e. The molecule has 0 aliphatic rings. The molecule has 0 spiro atoms. The van der Waals surface area contributed by atoms with Gasteiger partial charge in [-0.2, -0.15) is 16.8 Å². The van der Waals surface area contributed by atoms with Gasteiger partial charge in [-0.1, -0.05) is 119 Å². The van der Waals surface area contributed by atoms with Gasteiger partial charge in [-0.05, 0) is 48.6 Å². The van der Waals surface area contributed by atoms with Crippen LogP contribution in [-0.4, -0.2) is 25.9 Å². The van der Waals surface area contributed by atoms with E-state index < -0.39 is 30.0 Å². The molecule has 0 fully saturated rings. The minimum absolute atomic E-state index is 0.00151. The van der Waals surface area contributed by atoms with Gasteiger partial charge in [0.05, 0.1) is 0 Å². The van der Waals surface area contributed by atoms with Gasteiger partial charge in [0.2, 0.25) is 0 Å². The molecule has 6 nitrogen and oxygen atoms in total. The summed E-state index contributed by atoms with van der Waals surface area (Å²) in [4.78, 5) is -0.845. The highest BCUT2D eigenvalue weighted by Crippen LogP contribution is 2.36. The summed E-state index contributed by atoms with van der Waals surface area (Å²) in [7, 11) is -9.33. The summed E-state index contributed by atoms with van der Waals surface area (Å²) >= 11 is 0. The second kappa shape index (κ2) is 14.2. The topological polar surface area (TPSA) is 109 Å². The van der Waals surface area contributed by atoms with Crippen molar-refractivity contribution in [2.24, 2.45) is 0 Å². The predicted octanol–water partition coefficient (Wildman–Crippen LogP) is 8.29. The van der Waals surface area contributed by atoms with Crippen molar-refractivity contribution in [3.8, 4) is 22.3 Å². The highest BCUT2D eigenvalue weighted by molar-refractivity contribution is 7.86. The Labute approximate surface area is 234 Å². The zero-order valence-corrected chi connectivity index (χ0v) is 24.5. The molecule has 0 bridgehead atoms. The first-order chi connectivity index (χ1) is 18.5. The first-order valence-corrected chi connectivity index (χ1v) is 16.7. The number of rotatable bonds is 15. The standard InChI is InChI=1S/C31H40O6S2/c1-3-4-5-6-7-8-9-10-11-12-15-25-19-18-24(2)22-29(25)26-20-21-28(31(23-26)39(35,36)37)27-16-13-14-17-30(27)38(32,33)34/h13-14,16-23H,3-12,15H2,1-2H3,(H,32,33,34)(H,35,36,37). The average molecular weight is 573 g/mol. The smallest absolute Gasteiger partial charge is 0.282 e. The molecule has 0 unspecified atom stereocenters. The van der Waals surface area contributed by atoms with Crippen LogP contribution >= 0.6 is 0 Å².